The van der Waals surface area contributed by atoms with Crippen molar-refractivity contribution in [1.82, 2.24) is 0 Å². The van der Waals surface area contributed by atoms with Crippen molar-refractivity contribution in [1.29, 1.82) is 0 Å². The Balaban J connectivity index is 1.85. The van der Waals surface area contributed by atoms with Gasteiger partial charge in [-0.25, -0.2) is 0 Å². The molecular weight excluding hydrogens is 342 g/mol. The number of hydrogen-bond donors (Lipinski definition) is 0. The van der Waals surface area contributed by atoms with Crippen LogP contribution >= 0.6 is 0 Å². The van der Waals surface area contributed by atoms with Gasteiger partial charge in [-0.15, -0.1) is 0 Å². The van der Waals surface area contributed by atoms with Crippen molar-refractivity contribution in [3.63, 3.8) is 0 Å². The molecule has 0 fully saturated rings. The number of furan rings is 1. The first-order valence-corrected chi connectivity index (χ1v) is 10.1. The van der Waals surface area contributed by atoms with Gasteiger partial charge < -0.3 is 4.42 Å². The fraction of sp³-hybridized carbons (Fsp3) is 0.231. The van der Waals surface area contributed by atoms with Gasteiger partial charge in [-0.2, -0.15) is 0 Å². The van der Waals surface area contributed by atoms with Gasteiger partial charge in [0.1, 0.15) is 5.58 Å². The summed E-state index contributed by atoms with van der Waals surface area (Å²) >= 11 is 0. The lowest BCUT2D eigenvalue weighted by molar-refractivity contribution is 0.610. The van der Waals surface area contributed by atoms with Crippen LogP contribution in [0.5, 0.6) is 0 Å². The predicted molar refractivity (Wildman–Crippen MR) is 117 cm³/mol. The fourth-order valence-corrected chi connectivity index (χ4v) is 4.42. The Bertz CT molecular complexity index is 1180. The Hall–Kier alpha value is -3.00. The van der Waals surface area contributed by atoms with Crippen LogP contribution in [-0.4, -0.2) is 0 Å². The lowest BCUT2D eigenvalue weighted by Crippen LogP contribution is -2.16. The minimum atomic E-state index is 0.972. The third kappa shape index (κ3) is 2.72. The Kier molecular flexibility index (Phi) is 4.01. The average molecular weight is 367 g/mol. The second kappa shape index (κ2) is 6.56. The van der Waals surface area contributed by atoms with Crippen LogP contribution in [0, 0.1) is 20.8 Å². The van der Waals surface area contributed by atoms with E-state index >= 15 is 0 Å². The number of fused-ring (bicyclic) bond motifs is 4. The molecule has 2 heterocycles. The minimum Gasteiger partial charge on any atom is -0.439 e. The van der Waals surface area contributed by atoms with Crippen molar-refractivity contribution >= 4 is 28.2 Å². The maximum atomic E-state index is 6.52. The monoisotopic (exact) mass is 367 g/mol. The summed E-state index contributed by atoms with van der Waals surface area (Å²) in [4.78, 5) is 2.34. The molecule has 0 amide bonds. The molecule has 0 saturated carbocycles. The van der Waals surface area contributed by atoms with E-state index in [1.807, 2.05) is 0 Å². The third-order valence-corrected chi connectivity index (χ3v) is 5.83. The van der Waals surface area contributed by atoms with Crippen LogP contribution in [0.4, 0.5) is 17.3 Å². The Morgan fingerprint density at radius 1 is 0.786 bits per heavy atom. The van der Waals surface area contributed by atoms with E-state index in [0.29, 0.717) is 0 Å². The van der Waals surface area contributed by atoms with Crippen molar-refractivity contribution in [2.24, 2.45) is 0 Å². The van der Waals surface area contributed by atoms with Crippen LogP contribution in [0.3, 0.4) is 0 Å². The molecule has 1 aliphatic rings. The number of para-hydroxylation sites is 1. The van der Waals surface area contributed by atoms with E-state index < -0.39 is 0 Å². The number of rotatable bonds is 1. The topological polar surface area (TPSA) is 16.4 Å². The molecule has 1 aliphatic heterocycles. The molecule has 0 N–H and O–H groups in total. The van der Waals surface area contributed by atoms with Gasteiger partial charge in [-0.05, 0) is 75.4 Å². The summed E-state index contributed by atoms with van der Waals surface area (Å²) in [5.74, 6) is 0.972. The van der Waals surface area contributed by atoms with E-state index in [0.717, 1.165) is 30.7 Å². The molecule has 2 nitrogen and oxygen atoms in total. The molecule has 0 spiro atoms. The van der Waals surface area contributed by atoms with E-state index in [1.54, 1.807) is 0 Å². The van der Waals surface area contributed by atoms with Crippen molar-refractivity contribution in [3.8, 4) is 0 Å². The second-order valence-corrected chi connectivity index (χ2v) is 7.99. The molecule has 4 aromatic rings. The van der Waals surface area contributed by atoms with Gasteiger partial charge in [-0.1, -0.05) is 47.5 Å². The molecular formula is C26H25NO. The number of anilines is 3. The number of hydrogen-bond acceptors (Lipinski definition) is 2. The highest BCUT2D eigenvalue weighted by molar-refractivity contribution is 5.91. The van der Waals surface area contributed by atoms with Crippen LogP contribution < -0.4 is 4.90 Å². The zero-order valence-corrected chi connectivity index (χ0v) is 16.8. The normalized spacial score (nSPS) is 13.8. The van der Waals surface area contributed by atoms with Crippen LogP contribution in [-0.2, 0) is 12.8 Å². The molecule has 28 heavy (non-hydrogen) atoms. The maximum absolute atomic E-state index is 6.52. The van der Waals surface area contributed by atoms with Crippen LogP contribution in [0.2, 0.25) is 0 Å². The summed E-state index contributed by atoms with van der Waals surface area (Å²) in [5.41, 5.74) is 9.95. The molecule has 5 rings (SSSR count). The number of benzene rings is 3. The van der Waals surface area contributed by atoms with Gasteiger partial charge in [-0.3, -0.25) is 4.90 Å². The summed E-state index contributed by atoms with van der Waals surface area (Å²) in [6.07, 6.45) is 3.24. The van der Waals surface area contributed by atoms with Crippen molar-refractivity contribution in [2.75, 3.05) is 4.90 Å². The zero-order valence-electron chi connectivity index (χ0n) is 16.8. The van der Waals surface area contributed by atoms with E-state index in [2.05, 4.69) is 86.3 Å². The van der Waals surface area contributed by atoms with E-state index in [-0.39, 0.29) is 0 Å². The molecule has 1 aromatic heterocycles. The van der Waals surface area contributed by atoms with Crippen molar-refractivity contribution in [2.45, 2.75) is 40.0 Å². The molecule has 0 radical (unpaired) electrons. The third-order valence-electron chi connectivity index (χ3n) is 5.83. The molecule has 0 atom stereocenters. The maximum Gasteiger partial charge on any atom is 0.209 e. The first-order valence-electron chi connectivity index (χ1n) is 10.1. The van der Waals surface area contributed by atoms with Gasteiger partial charge in [0, 0.05) is 10.9 Å². The van der Waals surface area contributed by atoms with Crippen LogP contribution in [0.25, 0.3) is 11.0 Å². The average Bonchev–Trinajstić information content (AvgIpc) is 3.00. The van der Waals surface area contributed by atoms with Gasteiger partial charge in [0.25, 0.3) is 0 Å². The van der Waals surface area contributed by atoms with Gasteiger partial charge in [0.05, 0.1) is 11.4 Å². The highest BCUT2D eigenvalue weighted by atomic mass is 16.4. The number of aryl methyl sites for hydroxylation is 5. The molecule has 0 bridgehead atoms. The highest BCUT2D eigenvalue weighted by Crippen LogP contribution is 2.46. The summed E-state index contributed by atoms with van der Waals surface area (Å²) in [6.45, 7) is 6.50. The number of nitrogens with zero attached hydrogens (tertiary/aromatic N) is 1. The fourth-order valence-electron chi connectivity index (χ4n) is 4.42. The van der Waals surface area contributed by atoms with E-state index in [9.17, 15) is 0 Å². The molecule has 140 valence electrons. The second-order valence-electron chi connectivity index (χ2n) is 7.99. The van der Waals surface area contributed by atoms with Crippen molar-refractivity contribution in [3.05, 3.63) is 88.5 Å². The van der Waals surface area contributed by atoms with E-state index in [1.165, 1.54) is 44.6 Å². The van der Waals surface area contributed by atoms with Crippen molar-refractivity contribution < 1.29 is 4.42 Å². The van der Waals surface area contributed by atoms with E-state index in [4.69, 9.17) is 4.42 Å². The summed E-state index contributed by atoms with van der Waals surface area (Å²) in [5, 5.41) is 1.25. The largest absolute Gasteiger partial charge is 0.439 e. The predicted octanol–water partition coefficient (Wildman–Crippen LogP) is 7.32. The molecule has 0 saturated heterocycles. The standard InChI is InChI=1S/C26H25NO/c1-17-11-13-24-20(15-17)8-6-9-21-22-16-18(2)12-14-25(22)28-26(21)27(24)23-10-5-4-7-19(23)3/h4-5,7,10-16H,6,8-9H2,1-3H3. The lowest BCUT2D eigenvalue weighted by Gasteiger charge is -2.29. The Morgan fingerprint density at radius 2 is 1.57 bits per heavy atom. The summed E-state index contributed by atoms with van der Waals surface area (Å²) in [7, 11) is 0. The summed E-state index contributed by atoms with van der Waals surface area (Å²) < 4.78 is 6.52. The summed E-state index contributed by atoms with van der Waals surface area (Å²) in [6, 6.07) is 21.9. The Morgan fingerprint density at radius 3 is 2.43 bits per heavy atom. The Labute approximate surface area is 166 Å². The van der Waals surface area contributed by atoms with Gasteiger partial charge >= 0.3 is 0 Å². The molecule has 2 heteroatoms. The van der Waals surface area contributed by atoms with Gasteiger partial charge in [0.2, 0.25) is 5.88 Å². The molecule has 3 aromatic carbocycles. The molecule has 0 aliphatic carbocycles. The SMILES string of the molecule is Cc1ccc2c(c1)CCCc1c(oc3ccc(C)cc13)N2c1ccccc1C. The smallest absolute Gasteiger partial charge is 0.209 e. The molecule has 0 unspecified atom stereocenters. The lowest BCUT2D eigenvalue weighted by atomic mass is 9.96. The zero-order chi connectivity index (χ0) is 19.3. The minimum absolute atomic E-state index is 0.972. The quantitative estimate of drug-likeness (QED) is 0.350. The highest BCUT2D eigenvalue weighted by Gasteiger charge is 2.27. The van der Waals surface area contributed by atoms with Crippen LogP contribution in [0.1, 0.15) is 34.2 Å². The van der Waals surface area contributed by atoms with Crippen LogP contribution in [0.15, 0.2) is 65.1 Å². The first-order chi connectivity index (χ1) is 13.6. The van der Waals surface area contributed by atoms with Gasteiger partial charge in [0.15, 0.2) is 0 Å². The first kappa shape index (κ1) is 17.1.